The normalized spacial score (nSPS) is 26.0. The fraction of sp³-hybridized carbons (Fsp3) is 0.333. The molecule has 0 spiro atoms. The van der Waals surface area contributed by atoms with Gasteiger partial charge in [0.1, 0.15) is 0 Å². The van der Waals surface area contributed by atoms with Gasteiger partial charge >= 0.3 is 0 Å². The average Bonchev–Trinajstić information content (AvgIpc) is 2.68. The molecule has 0 aliphatic carbocycles. The van der Waals surface area contributed by atoms with Crippen molar-refractivity contribution in [3.8, 4) is 0 Å². The molecular weight excluding hydrogens is 266 g/mol. The van der Waals surface area contributed by atoms with Crippen molar-refractivity contribution < 1.29 is 0 Å². The molecule has 2 heteroatoms. The molecule has 20 heavy (non-hydrogen) atoms. The number of halogens is 1. The zero-order valence-electron chi connectivity index (χ0n) is 11.6. The number of likely N-dealkylation sites (N-methyl/N-ethyl adjacent to an activating group) is 1. The van der Waals surface area contributed by atoms with Gasteiger partial charge in [-0.25, -0.2) is 0 Å². The second-order valence-corrected chi connectivity index (χ2v) is 6.50. The van der Waals surface area contributed by atoms with Crippen molar-refractivity contribution in [2.24, 2.45) is 0 Å². The van der Waals surface area contributed by atoms with Gasteiger partial charge < -0.3 is 0 Å². The Balaban J connectivity index is 1.76. The van der Waals surface area contributed by atoms with Gasteiger partial charge in [0.05, 0.1) is 0 Å². The maximum atomic E-state index is 6.05. The SMILES string of the molecule is CN1C2C=C(c3ccc4cc(Cl)ccc4c3)CC1CC2. The van der Waals surface area contributed by atoms with Crippen molar-refractivity contribution in [3.63, 3.8) is 0 Å². The first kappa shape index (κ1) is 12.4. The summed E-state index contributed by atoms with van der Waals surface area (Å²) in [5.41, 5.74) is 2.90. The zero-order valence-corrected chi connectivity index (χ0v) is 12.4. The Kier molecular flexibility index (Phi) is 2.87. The largest absolute Gasteiger partial charge is 0.297 e. The molecule has 2 heterocycles. The van der Waals surface area contributed by atoms with Crippen molar-refractivity contribution >= 4 is 27.9 Å². The lowest BCUT2D eigenvalue weighted by Gasteiger charge is -2.30. The summed E-state index contributed by atoms with van der Waals surface area (Å²) in [7, 11) is 2.26. The molecule has 4 rings (SSSR count). The standard InChI is InChI=1S/C18H18ClN/c1-20-17-6-7-18(20)11-15(10-17)13-2-3-14-9-16(19)5-4-12(14)8-13/h2-5,8-10,17-18H,6-7,11H2,1H3. The van der Waals surface area contributed by atoms with Gasteiger partial charge in [-0.1, -0.05) is 35.9 Å². The predicted molar refractivity (Wildman–Crippen MR) is 86.1 cm³/mol. The third kappa shape index (κ3) is 1.97. The van der Waals surface area contributed by atoms with Crippen LogP contribution in [-0.4, -0.2) is 24.0 Å². The van der Waals surface area contributed by atoms with E-state index in [0.29, 0.717) is 6.04 Å². The molecule has 2 unspecified atom stereocenters. The number of benzene rings is 2. The molecule has 0 saturated carbocycles. The molecule has 2 aromatic carbocycles. The van der Waals surface area contributed by atoms with Gasteiger partial charge in [-0.15, -0.1) is 0 Å². The number of nitrogens with zero attached hydrogens (tertiary/aromatic N) is 1. The Morgan fingerprint density at radius 2 is 1.85 bits per heavy atom. The molecule has 2 aromatic rings. The molecule has 0 N–H and O–H groups in total. The molecule has 0 radical (unpaired) electrons. The van der Waals surface area contributed by atoms with Gasteiger partial charge in [-0.3, -0.25) is 4.90 Å². The van der Waals surface area contributed by atoms with Crippen LogP contribution in [0.15, 0.2) is 42.5 Å². The van der Waals surface area contributed by atoms with E-state index in [1.165, 1.54) is 41.2 Å². The average molecular weight is 284 g/mol. The highest BCUT2D eigenvalue weighted by Gasteiger charge is 2.33. The minimum absolute atomic E-state index is 0.643. The summed E-state index contributed by atoms with van der Waals surface area (Å²) in [5, 5.41) is 3.30. The van der Waals surface area contributed by atoms with Crippen LogP contribution in [-0.2, 0) is 0 Å². The fourth-order valence-electron chi connectivity index (χ4n) is 3.67. The van der Waals surface area contributed by atoms with Crippen LogP contribution in [0.5, 0.6) is 0 Å². The summed E-state index contributed by atoms with van der Waals surface area (Å²) >= 11 is 6.05. The molecule has 102 valence electrons. The van der Waals surface area contributed by atoms with Crippen LogP contribution in [0.3, 0.4) is 0 Å². The van der Waals surface area contributed by atoms with E-state index in [4.69, 9.17) is 11.6 Å². The second-order valence-electron chi connectivity index (χ2n) is 6.07. The quantitative estimate of drug-likeness (QED) is 0.730. The van der Waals surface area contributed by atoms with Crippen LogP contribution in [0, 0.1) is 0 Å². The summed E-state index contributed by atoms with van der Waals surface area (Å²) in [6, 6.07) is 14.2. The van der Waals surface area contributed by atoms with Gasteiger partial charge in [-0.2, -0.15) is 0 Å². The second kappa shape index (κ2) is 4.61. The Hall–Kier alpha value is -1.31. The molecule has 0 amide bonds. The lowest BCUT2D eigenvalue weighted by Crippen LogP contribution is -2.34. The number of fused-ring (bicyclic) bond motifs is 3. The van der Waals surface area contributed by atoms with Gasteiger partial charge in [0, 0.05) is 17.1 Å². The van der Waals surface area contributed by atoms with Crippen LogP contribution >= 0.6 is 11.6 Å². The van der Waals surface area contributed by atoms with E-state index in [1.54, 1.807) is 0 Å². The molecule has 0 aromatic heterocycles. The van der Waals surface area contributed by atoms with E-state index in [-0.39, 0.29) is 0 Å². The molecular formula is C18H18ClN. The topological polar surface area (TPSA) is 3.24 Å². The van der Waals surface area contributed by atoms with Crippen LogP contribution in [0.4, 0.5) is 0 Å². The molecule has 1 nitrogen and oxygen atoms in total. The van der Waals surface area contributed by atoms with Crippen molar-refractivity contribution in [1.29, 1.82) is 0 Å². The minimum atomic E-state index is 0.643. The van der Waals surface area contributed by atoms with Gasteiger partial charge in [0.25, 0.3) is 0 Å². The first-order valence-electron chi connectivity index (χ1n) is 7.33. The molecule has 2 atom stereocenters. The Morgan fingerprint density at radius 1 is 1.05 bits per heavy atom. The van der Waals surface area contributed by atoms with E-state index in [0.717, 1.165) is 11.1 Å². The van der Waals surface area contributed by atoms with Gasteiger partial charge in [-0.05, 0) is 66.4 Å². The minimum Gasteiger partial charge on any atom is -0.297 e. The maximum Gasteiger partial charge on any atom is 0.0412 e. The van der Waals surface area contributed by atoms with Crippen LogP contribution < -0.4 is 0 Å². The first-order valence-corrected chi connectivity index (χ1v) is 7.71. The van der Waals surface area contributed by atoms with Crippen LogP contribution in [0.2, 0.25) is 5.02 Å². The lowest BCUT2D eigenvalue weighted by molar-refractivity contribution is 0.264. The molecule has 1 fully saturated rings. The van der Waals surface area contributed by atoms with Crippen LogP contribution in [0.1, 0.15) is 24.8 Å². The Labute approximate surface area is 124 Å². The summed E-state index contributed by atoms with van der Waals surface area (Å²) in [5.74, 6) is 0. The summed E-state index contributed by atoms with van der Waals surface area (Å²) < 4.78 is 0. The molecule has 2 aliphatic heterocycles. The third-order valence-corrected chi connectivity index (χ3v) is 5.15. The Morgan fingerprint density at radius 3 is 2.70 bits per heavy atom. The molecule has 1 saturated heterocycles. The van der Waals surface area contributed by atoms with E-state index in [1.807, 2.05) is 12.1 Å². The zero-order chi connectivity index (χ0) is 13.7. The smallest absolute Gasteiger partial charge is 0.0412 e. The van der Waals surface area contributed by atoms with E-state index in [2.05, 4.69) is 42.3 Å². The number of rotatable bonds is 1. The number of hydrogen-bond acceptors (Lipinski definition) is 1. The van der Waals surface area contributed by atoms with E-state index < -0.39 is 0 Å². The van der Waals surface area contributed by atoms with E-state index >= 15 is 0 Å². The highest BCUT2D eigenvalue weighted by atomic mass is 35.5. The van der Waals surface area contributed by atoms with Crippen molar-refractivity contribution in [1.82, 2.24) is 4.90 Å². The first-order chi connectivity index (χ1) is 9.70. The van der Waals surface area contributed by atoms with Crippen LogP contribution in [0.25, 0.3) is 16.3 Å². The Bertz CT molecular complexity index is 704. The summed E-state index contributed by atoms with van der Waals surface area (Å²) in [6.07, 6.45) is 6.31. The lowest BCUT2D eigenvalue weighted by atomic mass is 9.93. The highest BCUT2D eigenvalue weighted by Crippen LogP contribution is 2.38. The number of hydrogen-bond donors (Lipinski definition) is 0. The molecule has 2 bridgehead atoms. The summed E-state index contributed by atoms with van der Waals surface area (Å²) in [6.45, 7) is 0. The molecule has 2 aliphatic rings. The van der Waals surface area contributed by atoms with E-state index in [9.17, 15) is 0 Å². The predicted octanol–water partition coefficient (Wildman–Crippen LogP) is 4.74. The third-order valence-electron chi connectivity index (χ3n) is 4.92. The van der Waals surface area contributed by atoms with Gasteiger partial charge in [0.2, 0.25) is 0 Å². The van der Waals surface area contributed by atoms with Crippen molar-refractivity contribution in [2.45, 2.75) is 31.3 Å². The maximum absolute atomic E-state index is 6.05. The summed E-state index contributed by atoms with van der Waals surface area (Å²) in [4.78, 5) is 2.53. The monoisotopic (exact) mass is 283 g/mol. The fourth-order valence-corrected chi connectivity index (χ4v) is 3.85. The highest BCUT2D eigenvalue weighted by molar-refractivity contribution is 6.31. The van der Waals surface area contributed by atoms with Crippen molar-refractivity contribution in [3.05, 3.63) is 53.1 Å². The van der Waals surface area contributed by atoms with Crippen molar-refractivity contribution in [2.75, 3.05) is 7.05 Å². The van der Waals surface area contributed by atoms with Gasteiger partial charge in [0.15, 0.2) is 0 Å².